The van der Waals surface area contributed by atoms with E-state index in [1.807, 2.05) is 13.8 Å². The second kappa shape index (κ2) is 6.72. The maximum atomic E-state index is 12.3. The van der Waals surface area contributed by atoms with Crippen LogP contribution in [0.2, 0.25) is 0 Å². The molecule has 1 rings (SSSR count). The first-order valence-corrected chi connectivity index (χ1v) is 7.05. The van der Waals surface area contributed by atoms with Gasteiger partial charge in [0, 0.05) is 12.3 Å². The minimum Gasteiger partial charge on any atom is -0.480 e. The van der Waals surface area contributed by atoms with Crippen LogP contribution in [0.15, 0.2) is 0 Å². The molecule has 0 aromatic heterocycles. The maximum Gasteiger partial charge on any atom is 0.326 e. The SMILES string of the molecule is CC1(C)CCCCC1C(=O)N[C@H](CCC(N)=O)C(=O)O. The standard InChI is InChI=1S/C14H24N2O4/c1-14(2)8-4-3-5-9(14)12(18)16-10(13(19)20)6-7-11(15)17/h9-10H,3-8H2,1-2H3,(H2,15,17)(H,16,18)(H,19,20)/t9?,10-/m1/s1. The number of amides is 2. The number of carbonyl (C=O) groups excluding carboxylic acids is 2. The summed E-state index contributed by atoms with van der Waals surface area (Å²) >= 11 is 0. The molecule has 1 saturated carbocycles. The average Bonchev–Trinajstić information content (AvgIpc) is 2.32. The Balaban J connectivity index is 2.65. The lowest BCUT2D eigenvalue weighted by atomic mass is 9.68. The smallest absolute Gasteiger partial charge is 0.326 e. The van der Waals surface area contributed by atoms with E-state index >= 15 is 0 Å². The molecule has 0 heterocycles. The van der Waals surface area contributed by atoms with E-state index in [9.17, 15) is 14.4 Å². The number of aliphatic carboxylic acids is 1. The molecule has 1 fully saturated rings. The number of nitrogens with one attached hydrogen (secondary N) is 1. The first-order chi connectivity index (χ1) is 9.24. The number of carboxylic acid groups (broad SMARTS) is 1. The fourth-order valence-corrected chi connectivity index (χ4v) is 2.80. The summed E-state index contributed by atoms with van der Waals surface area (Å²) < 4.78 is 0. The minimum atomic E-state index is -1.13. The molecule has 114 valence electrons. The van der Waals surface area contributed by atoms with Crippen LogP contribution in [0.1, 0.15) is 52.4 Å². The number of primary amides is 1. The van der Waals surface area contributed by atoms with Crippen molar-refractivity contribution < 1.29 is 19.5 Å². The van der Waals surface area contributed by atoms with Gasteiger partial charge in [0.2, 0.25) is 11.8 Å². The number of rotatable bonds is 6. The van der Waals surface area contributed by atoms with Crippen LogP contribution in [-0.4, -0.2) is 28.9 Å². The molecule has 0 aromatic carbocycles. The summed E-state index contributed by atoms with van der Waals surface area (Å²) in [5.74, 6) is -2.10. The van der Waals surface area contributed by atoms with Crippen molar-refractivity contribution in [3.05, 3.63) is 0 Å². The first-order valence-electron chi connectivity index (χ1n) is 7.05. The number of hydrogen-bond acceptors (Lipinski definition) is 3. The second-order valence-corrected chi connectivity index (χ2v) is 6.19. The molecule has 0 saturated heterocycles. The Kier molecular flexibility index (Phi) is 5.53. The number of carboxylic acids is 1. The predicted octanol–water partition coefficient (Wildman–Crippen LogP) is 1.04. The van der Waals surface area contributed by atoms with Gasteiger partial charge in [-0.05, 0) is 24.7 Å². The third kappa shape index (κ3) is 4.51. The predicted molar refractivity (Wildman–Crippen MR) is 73.7 cm³/mol. The van der Waals surface area contributed by atoms with Crippen LogP contribution in [0.4, 0.5) is 0 Å². The van der Waals surface area contributed by atoms with Gasteiger partial charge in [0.05, 0.1) is 0 Å². The van der Waals surface area contributed by atoms with Crippen LogP contribution < -0.4 is 11.1 Å². The monoisotopic (exact) mass is 284 g/mol. The molecule has 1 unspecified atom stereocenters. The van der Waals surface area contributed by atoms with Gasteiger partial charge < -0.3 is 16.2 Å². The van der Waals surface area contributed by atoms with Crippen molar-refractivity contribution in [2.24, 2.45) is 17.1 Å². The van der Waals surface area contributed by atoms with Gasteiger partial charge in [0.1, 0.15) is 6.04 Å². The average molecular weight is 284 g/mol. The van der Waals surface area contributed by atoms with E-state index in [1.54, 1.807) is 0 Å². The molecule has 1 aliphatic rings. The van der Waals surface area contributed by atoms with Gasteiger partial charge in [-0.15, -0.1) is 0 Å². The highest BCUT2D eigenvalue weighted by atomic mass is 16.4. The van der Waals surface area contributed by atoms with Crippen molar-refractivity contribution in [3.8, 4) is 0 Å². The van der Waals surface area contributed by atoms with Gasteiger partial charge in [0.25, 0.3) is 0 Å². The summed E-state index contributed by atoms with van der Waals surface area (Å²) in [6, 6.07) is -1.05. The van der Waals surface area contributed by atoms with Crippen LogP contribution in [0.25, 0.3) is 0 Å². The topological polar surface area (TPSA) is 109 Å². The Labute approximate surface area is 119 Å². The van der Waals surface area contributed by atoms with E-state index < -0.39 is 17.9 Å². The lowest BCUT2D eigenvalue weighted by Crippen LogP contribution is -2.48. The largest absolute Gasteiger partial charge is 0.480 e. The summed E-state index contributed by atoms with van der Waals surface area (Å²) in [4.78, 5) is 34.1. The Morgan fingerprint density at radius 3 is 2.50 bits per heavy atom. The zero-order chi connectivity index (χ0) is 15.3. The van der Waals surface area contributed by atoms with Gasteiger partial charge in [-0.3, -0.25) is 9.59 Å². The zero-order valence-corrected chi connectivity index (χ0v) is 12.1. The van der Waals surface area contributed by atoms with E-state index in [1.165, 1.54) is 0 Å². The zero-order valence-electron chi connectivity index (χ0n) is 12.1. The molecule has 2 amide bonds. The summed E-state index contributed by atoms with van der Waals surface area (Å²) in [6.45, 7) is 4.07. The molecule has 0 spiro atoms. The van der Waals surface area contributed by atoms with E-state index in [4.69, 9.17) is 10.8 Å². The summed E-state index contributed by atoms with van der Waals surface area (Å²) in [5, 5.41) is 11.6. The highest BCUT2D eigenvalue weighted by Gasteiger charge is 2.38. The Bertz CT molecular complexity index is 393. The summed E-state index contributed by atoms with van der Waals surface area (Å²) in [7, 11) is 0. The molecular weight excluding hydrogens is 260 g/mol. The normalized spacial score (nSPS) is 22.8. The van der Waals surface area contributed by atoms with E-state index in [2.05, 4.69) is 5.32 Å². The molecule has 4 N–H and O–H groups in total. The van der Waals surface area contributed by atoms with Crippen molar-refractivity contribution >= 4 is 17.8 Å². The Morgan fingerprint density at radius 1 is 1.35 bits per heavy atom. The molecule has 1 aliphatic carbocycles. The second-order valence-electron chi connectivity index (χ2n) is 6.19. The maximum absolute atomic E-state index is 12.3. The Morgan fingerprint density at radius 2 is 2.00 bits per heavy atom. The molecular formula is C14H24N2O4. The van der Waals surface area contributed by atoms with Crippen LogP contribution >= 0.6 is 0 Å². The van der Waals surface area contributed by atoms with Gasteiger partial charge in [-0.2, -0.15) is 0 Å². The summed E-state index contributed by atoms with van der Waals surface area (Å²) in [6.07, 6.45) is 3.81. The summed E-state index contributed by atoms with van der Waals surface area (Å²) in [5.41, 5.74) is 4.90. The Hall–Kier alpha value is -1.59. The van der Waals surface area contributed by atoms with E-state index in [0.29, 0.717) is 0 Å². The fourth-order valence-electron chi connectivity index (χ4n) is 2.80. The third-order valence-corrected chi connectivity index (χ3v) is 4.12. The van der Waals surface area contributed by atoms with E-state index in [0.717, 1.165) is 25.7 Å². The van der Waals surface area contributed by atoms with Gasteiger partial charge in [0.15, 0.2) is 0 Å². The molecule has 2 atom stereocenters. The molecule has 0 aliphatic heterocycles. The van der Waals surface area contributed by atoms with Crippen LogP contribution in [0, 0.1) is 11.3 Å². The number of hydrogen-bond donors (Lipinski definition) is 3. The molecule has 6 nitrogen and oxygen atoms in total. The lowest BCUT2D eigenvalue weighted by Gasteiger charge is -2.38. The van der Waals surface area contributed by atoms with Gasteiger partial charge in [-0.1, -0.05) is 26.7 Å². The highest BCUT2D eigenvalue weighted by molar-refractivity contribution is 5.86. The van der Waals surface area contributed by atoms with Crippen LogP contribution in [0.3, 0.4) is 0 Å². The van der Waals surface area contributed by atoms with E-state index in [-0.39, 0.29) is 30.1 Å². The molecule has 0 radical (unpaired) electrons. The number of nitrogens with two attached hydrogens (primary N) is 1. The van der Waals surface area contributed by atoms with Crippen molar-refractivity contribution in [2.75, 3.05) is 0 Å². The van der Waals surface area contributed by atoms with Crippen LogP contribution in [0.5, 0.6) is 0 Å². The van der Waals surface area contributed by atoms with Crippen LogP contribution in [-0.2, 0) is 14.4 Å². The lowest BCUT2D eigenvalue weighted by molar-refractivity contribution is -0.144. The molecule has 0 aromatic rings. The molecule has 20 heavy (non-hydrogen) atoms. The fraction of sp³-hybridized carbons (Fsp3) is 0.786. The van der Waals surface area contributed by atoms with Gasteiger partial charge >= 0.3 is 5.97 Å². The minimum absolute atomic E-state index is 0.0313. The highest BCUT2D eigenvalue weighted by Crippen LogP contribution is 2.40. The quantitative estimate of drug-likeness (QED) is 0.676. The van der Waals surface area contributed by atoms with Crippen molar-refractivity contribution in [1.82, 2.24) is 5.32 Å². The van der Waals surface area contributed by atoms with Crippen molar-refractivity contribution in [3.63, 3.8) is 0 Å². The van der Waals surface area contributed by atoms with Crippen molar-refractivity contribution in [2.45, 2.75) is 58.4 Å². The molecule has 0 bridgehead atoms. The molecule has 6 heteroatoms. The third-order valence-electron chi connectivity index (χ3n) is 4.12. The van der Waals surface area contributed by atoms with Crippen molar-refractivity contribution in [1.29, 1.82) is 0 Å². The number of carbonyl (C=O) groups is 3. The first kappa shape index (κ1) is 16.5. The van der Waals surface area contributed by atoms with Gasteiger partial charge in [-0.25, -0.2) is 4.79 Å².